The first-order chi connectivity index (χ1) is 69.4. The molecule has 0 fully saturated rings. The molecule has 0 aliphatic heterocycles. The van der Waals surface area contributed by atoms with Gasteiger partial charge in [0.1, 0.15) is 0 Å². The second-order valence-corrected chi connectivity index (χ2v) is 43.6. The van der Waals surface area contributed by atoms with E-state index in [0.717, 1.165) is 39.4 Å². The van der Waals surface area contributed by atoms with Crippen molar-refractivity contribution in [3.8, 4) is 44.5 Å². The summed E-state index contributed by atoms with van der Waals surface area (Å²) >= 11 is 18.2. The van der Waals surface area contributed by atoms with Crippen LogP contribution < -0.4 is 14.7 Å². The first-order valence-electron chi connectivity index (χ1n) is 49.3. The molecule has 3 nitrogen and oxygen atoms in total. The third-order valence-electron chi connectivity index (χ3n) is 27.5. The van der Waals surface area contributed by atoms with Gasteiger partial charge >= 0.3 is 0 Å². The summed E-state index contributed by atoms with van der Waals surface area (Å²) in [6.45, 7) is 35.0. The van der Waals surface area contributed by atoms with Crippen LogP contribution in [0.3, 0.4) is 0 Å². The van der Waals surface area contributed by atoms with Crippen LogP contribution in [0.2, 0.25) is 0 Å². The molecule has 0 heterocycles. The molecule has 0 saturated heterocycles. The summed E-state index contributed by atoms with van der Waals surface area (Å²) in [5, 5.41) is 10.3. The van der Waals surface area contributed by atoms with Gasteiger partial charge in [0.05, 0.1) is 0 Å². The largest absolute Gasteiger partial charge is 0.310 e. The van der Waals surface area contributed by atoms with Gasteiger partial charge in [0, 0.05) is 95.5 Å². The monoisotopic (exact) mass is 2190 g/mol. The minimum Gasteiger partial charge on any atom is -0.310 e. The Morgan fingerprint density at radius 1 is 0.167 bits per heavy atom. The van der Waals surface area contributed by atoms with Gasteiger partial charge in [-0.15, -0.1) is 0 Å². The van der Waals surface area contributed by atoms with Crippen LogP contribution in [0.4, 0.5) is 51.2 Å². The maximum Gasteiger partial charge on any atom is 0.0472 e. The summed E-state index contributed by atoms with van der Waals surface area (Å²) in [4.78, 5) is 6.86. The molecule has 0 N–H and O–H groups in total. The smallest absolute Gasteiger partial charge is 0.0472 e. The standard InChI is InChI=1S/C22H18.2C21H21N.C20H12Br2.C20H18BrN.C17H18.C15H12Br2/c1-15-11-13-17-7-3-5-9-19(17)21(15)22-16(2)12-14-18-8-4-6-10-20(18)22;2*1-16-7-11-19(12-8-16)22(20-13-9-17(2)10-14-20)21-6-4-5-18(3)15-21;21-17-11-9-13-5-1-3-7-15(13)19(17)20-16-8-4-2-6-14(16)10-12-18(20)22;1-15-6-10-18(11-7-15)22(19-12-8-16(2)9-13-19)20-5-3-4-17(21)14-20;1-11-5-7-13-14-8-6-12(2)10-16(14)17(3,4)15(13)9-11;1-15(2)13-7-9(16)3-5-11(13)12-6-4-10(17)8-14(12)15/h3-14H,1-2H3;2*4-15H,1-3H3;1-12H;3-14H,1-2H3;5-10H,1-4H3;3-8H,1-2H3. The highest BCUT2D eigenvalue weighted by Crippen LogP contribution is 2.53. The van der Waals surface area contributed by atoms with Crippen molar-refractivity contribution in [3.05, 3.63) is 548 Å². The molecule has 21 aromatic rings. The number of aryl methyl sites for hydroxylation is 12. The maximum absolute atomic E-state index is 3.75. The van der Waals surface area contributed by atoms with Crippen molar-refractivity contribution in [2.75, 3.05) is 14.7 Å². The average Bonchev–Trinajstić information content (AvgIpc) is 1.56. The van der Waals surface area contributed by atoms with Gasteiger partial charge in [-0.1, -0.05) is 437 Å². The molecular weight excluding hydrogens is 2080 g/mol. The van der Waals surface area contributed by atoms with E-state index in [1.54, 1.807) is 0 Å². The molecule has 2 aliphatic rings. The molecule has 0 bridgehead atoms. The molecule has 8 heteroatoms. The summed E-state index contributed by atoms with van der Waals surface area (Å²) < 4.78 is 5.60. The number of halogens is 5. The molecule has 144 heavy (non-hydrogen) atoms. The van der Waals surface area contributed by atoms with Crippen LogP contribution in [0.1, 0.15) is 117 Å². The second-order valence-electron chi connectivity index (χ2n) is 39.1. The number of nitrogens with zero attached hydrogens (tertiary/aromatic N) is 3. The number of rotatable bonds is 11. The summed E-state index contributed by atoms with van der Waals surface area (Å²) in [5.74, 6) is 0. The minimum atomic E-state index is 0.0816. The van der Waals surface area contributed by atoms with Crippen LogP contribution in [0.15, 0.2) is 459 Å². The normalized spacial score (nSPS) is 11.9. The van der Waals surface area contributed by atoms with Gasteiger partial charge < -0.3 is 14.7 Å². The summed E-state index contributed by atoms with van der Waals surface area (Å²) in [5.41, 5.74) is 42.8. The van der Waals surface area contributed by atoms with Crippen LogP contribution in [-0.2, 0) is 10.8 Å². The van der Waals surface area contributed by atoms with Crippen molar-refractivity contribution in [2.24, 2.45) is 0 Å². The zero-order valence-electron chi connectivity index (χ0n) is 84.8. The van der Waals surface area contributed by atoms with Crippen LogP contribution in [0.25, 0.3) is 87.6 Å². The van der Waals surface area contributed by atoms with E-state index >= 15 is 0 Å². The van der Waals surface area contributed by atoms with Gasteiger partial charge in [-0.05, 0) is 356 Å². The van der Waals surface area contributed by atoms with E-state index in [-0.39, 0.29) is 10.8 Å². The number of hydrogen-bond acceptors (Lipinski definition) is 3. The Bertz CT molecular complexity index is 7170. The third kappa shape index (κ3) is 23.1. The van der Waals surface area contributed by atoms with Crippen LogP contribution in [0.5, 0.6) is 0 Å². The minimum absolute atomic E-state index is 0.0816. The van der Waals surface area contributed by atoms with Crippen molar-refractivity contribution in [1.82, 2.24) is 0 Å². The summed E-state index contributed by atoms with van der Waals surface area (Å²) in [7, 11) is 0. The SMILES string of the molecule is Brc1ccc2ccccc2c1-c1c(Br)ccc2ccccc12.CC1(C)c2cc(Br)ccc2-c2ccc(Br)cc21.Cc1ccc(N(c2ccc(C)cc2)c2cccc(Br)c2)cc1.Cc1ccc(N(c2ccc(C)cc2)c2cccc(C)c2)cc1.Cc1ccc(N(c2ccc(C)cc2)c2cccc(C)c2)cc1.Cc1ccc2c(c1)C(C)(C)c1cc(C)ccc1-2.Cc1ccc2ccccc2c1-c1c(C)ccc2ccccc12. The zero-order chi connectivity index (χ0) is 101. The second kappa shape index (κ2) is 45.2. The molecule has 2 aliphatic carbocycles. The number of hydrogen-bond donors (Lipinski definition) is 0. The van der Waals surface area contributed by atoms with E-state index < -0.39 is 0 Å². The quantitative estimate of drug-likeness (QED) is 0.128. The van der Waals surface area contributed by atoms with Crippen LogP contribution in [0, 0.1) is 83.1 Å². The predicted molar refractivity (Wildman–Crippen MR) is 641 cm³/mol. The molecule has 0 spiro atoms. The molecule has 23 rings (SSSR count). The zero-order valence-corrected chi connectivity index (χ0v) is 92.7. The lowest BCUT2D eigenvalue weighted by molar-refractivity contribution is 0.659. The van der Waals surface area contributed by atoms with E-state index in [4.69, 9.17) is 0 Å². The fraction of sp³-hybridized carbons (Fsp3) is 0.132. The van der Waals surface area contributed by atoms with E-state index in [1.807, 2.05) is 6.07 Å². The van der Waals surface area contributed by atoms with Gasteiger partial charge in [0.2, 0.25) is 0 Å². The highest BCUT2D eigenvalue weighted by atomic mass is 79.9. The van der Waals surface area contributed by atoms with Crippen LogP contribution >= 0.6 is 79.6 Å². The van der Waals surface area contributed by atoms with Crippen molar-refractivity contribution < 1.29 is 0 Å². The topological polar surface area (TPSA) is 9.72 Å². The number of fused-ring (bicyclic) bond motifs is 10. The van der Waals surface area contributed by atoms with E-state index in [0.29, 0.717) is 0 Å². The lowest BCUT2D eigenvalue weighted by atomic mass is 9.81. The molecule has 21 aromatic carbocycles. The van der Waals surface area contributed by atoms with E-state index in [2.05, 4.69) is 636 Å². The summed E-state index contributed by atoms with van der Waals surface area (Å²) in [6.07, 6.45) is 0. The van der Waals surface area contributed by atoms with Crippen molar-refractivity contribution in [1.29, 1.82) is 0 Å². The molecule has 714 valence electrons. The Balaban J connectivity index is 0.000000115. The fourth-order valence-corrected chi connectivity index (χ4v) is 21.9. The van der Waals surface area contributed by atoms with Crippen molar-refractivity contribution >= 4 is 174 Å². The highest BCUT2D eigenvalue weighted by molar-refractivity contribution is 9.11. The lowest BCUT2D eigenvalue weighted by Crippen LogP contribution is -2.15. The van der Waals surface area contributed by atoms with Crippen molar-refractivity contribution in [2.45, 2.75) is 122 Å². The Kier molecular flexibility index (Phi) is 32.0. The Labute approximate surface area is 894 Å². The summed E-state index contributed by atoms with van der Waals surface area (Å²) in [6, 6.07) is 156. The fourth-order valence-electron chi connectivity index (χ4n) is 19.7. The highest BCUT2D eigenvalue weighted by Gasteiger charge is 2.37. The van der Waals surface area contributed by atoms with Gasteiger partial charge in [-0.25, -0.2) is 0 Å². The Hall–Kier alpha value is -13.5. The maximum atomic E-state index is 3.75. The van der Waals surface area contributed by atoms with Gasteiger partial charge in [-0.3, -0.25) is 0 Å². The molecule has 0 atom stereocenters. The molecule has 0 aromatic heterocycles. The van der Waals surface area contributed by atoms with Crippen LogP contribution in [-0.4, -0.2) is 0 Å². The van der Waals surface area contributed by atoms with Gasteiger partial charge in [0.15, 0.2) is 0 Å². The van der Waals surface area contributed by atoms with Gasteiger partial charge in [-0.2, -0.15) is 0 Å². The van der Waals surface area contributed by atoms with E-state index in [1.165, 1.54) is 211 Å². The third-order valence-corrected chi connectivity index (χ3v) is 30.3. The predicted octanol–water partition coefficient (Wildman–Crippen LogP) is 42.3. The molecule has 0 saturated carbocycles. The number of benzene rings is 21. The lowest BCUT2D eigenvalue weighted by Gasteiger charge is -2.26. The Morgan fingerprint density at radius 3 is 0.681 bits per heavy atom. The van der Waals surface area contributed by atoms with Crippen molar-refractivity contribution in [3.63, 3.8) is 0 Å². The number of anilines is 9. The van der Waals surface area contributed by atoms with E-state index in [9.17, 15) is 0 Å². The van der Waals surface area contributed by atoms with Gasteiger partial charge in [0.25, 0.3) is 0 Å². The molecule has 0 amide bonds. The Morgan fingerprint density at radius 2 is 0.396 bits per heavy atom. The first kappa shape index (κ1) is 102. The molecule has 0 radical (unpaired) electrons. The molecular formula is C136H120Br5N3. The average molecular weight is 2200 g/mol. The molecule has 0 unspecified atom stereocenters. The first-order valence-corrected chi connectivity index (χ1v) is 53.2.